The van der Waals surface area contributed by atoms with Gasteiger partial charge in [0, 0.05) is 0 Å². The summed E-state index contributed by atoms with van der Waals surface area (Å²) < 4.78 is 8.44. The Hall–Kier alpha value is -1.53. The molecule has 0 aliphatic carbocycles. The Balaban J connectivity index is 2.06. The van der Waals surface area contributed by atoms with Crippen LogP contribution in [-0.4, -0.2) is 9.97 Å². The number of oxazole rings is 1. The van der Waals surface area contributed by atoms with Crippen molar-refractivity contribution < 1.29 is 4.42 Å². The molecule has 6 heteroatoms. The summed E-state index contributed by atoms with van der Waals surface area (Å²) in [6.45, 7) is 0. The van der Waals surface area contributed by atoms with E-state index in [1.807, 2.05) is 17.6 Å². The van der Waals surface area contributed by atoms with Crippen LogP contribution in [0.15, 0.2) is 34.4 Å². The molecule has 0 unspecified atom stereocenters. The van der Waals surface area contributed by atoms with Gasteiger partial charge in [-0.05, 0) is 23.4 Å². The molecule has 16 heavy (non-hydrogen) atoms. The highest BCUT2D eigenvalue weighted by Gasteiger charge is 2.16. The topological polar surface area (TPSA) is 51.0 Å². The predicted molar refractivity (Wildman–Crippen MR) is 64.3 cm³/mol. The van der Waals surface area contributed by atoms with Gasteiger partial charge in [-0.15, -0.1) is 11.3 Å². The summed E-state index contributed by atoms with van der Waals surface area (Å²) in [5.74, 6) is 0.580. The van der Waals surface area contributed by atoms with Crippen molar-refractivity contribution in [2.45, 2.75) is 0 Å². The molecule has 0 atom stereocenters. The van der Waals surface area contributed by atoms with Crippen LogP contribution in [0, 0.1) is 5.51 Å². The summed E-state index contributed by atoms with van der Waals surface area (Å²) in [7, 11) is 0. The Morgan fingerprint density at radius 3 is 3.19 bits per heavy atom. The minimum atomic E-state index is 0.580. The molecule has 0 saturated heterocycles. The largest absolute Gasteiger partial charge is 0.444 e. The van der Waals surface area contributed by atoms with Crippen LogP contribution in [0.4, 0.5) is 0 Å². The molecule has 0 aromatic carbocycles. The van der Waals surface area contributed by atoms with Crippen LogP contribution in [0.3, 0.4) is 0 Å². The van der Waals surface area contributed by atoms with E-state index in [-0.39, 0.29) is 0 Å². The summed E-state index contributed by atoms with van der Waals surface area (Å²) in [6, 6.07) is 0. The first kappa shape index (κ1) is 9.68. The van der Waals surface area contributed by atoms with Gasteiger partial charge >= 0.3 is 0 Å². The molecule has 1 aliphatic heterocycles. The standard InChI is InChI=1S/C10H6N3OS2/c1-2-7(13-16-5-1)8-9(15-6-12-8)10-11-3-4-14-10/h1-5,13H. The van der Waals surface area contributed by atoms with Gasteiger partial charge in [-0.25, -0.2) is 9.97 Å². The van der Waals surface area contributed by atoms with E-state index < -0.39 is 0 Å². The molecule has 2 aromatic heterocycles. The third kappa shape index (κ3) is 1.66. The van der Waals surface area contributed by atoms with Crippen molar-refractivity contribution >= 4 is 29.0 Å². The number of hydrogen-bond donors (Lipinski definition) is 1. The molecule has 3 heterocycles. The van der Waals surface area contributed by atoms with Crippen molar-refractivity contribution in [3.05, 3.63) is 41.2 Å². The molecule has 3 rings (SSSR count). The van der Waals surface area contributed by atoms with Crippen LogP contribution in [0.2, 0.25) is 0 Å². The van der Waals surface area contributed by atoms with Crippen LogP contribution in [0.25, 0.3) is 16.5 Å². The van der Waals surface area contributed by atoms with Gasteiger partial charge in [0.1, 0.15) is 16.8 Å². The van der Waals surface area contributed by atoms with Gasteiger partial charge in [-0.3, -0.25) is 0 Å². The predicted octanol–water partition coefficient (Wildman–Crippen LogP) is 2.70. The van der Waals surface area contributed by atoms with Gasteiger partial charge in [0.05, 0.1) is 11.9 Å². The van der Waals surface area contributed by atoms with Crippen molar-refractivity contribution in [2.75, 3.05) is 0 Å². The van der Waals surface area contributed by atoms with E-state index in [2.05, 4.69) is 20.2 Å². The third-order valence-electron chi connectivity index (χ3n) is 1.98. The minimum absolute atomic E-state index is 0.580. The molecule has 79 valence electrons. The second-order valence-electron chi connectivity index (χ2n) is 2.95. The van der Waals surface area contributed by atoms with Crippen molar-refractivity contribution in [3.8, 4) is 10.8 Å². The normalized spacial score (nSPS) is 14.6. The SMILES string of the molecule is [c]1nc(C2=CC=CSN2)c(-c2ncco2)s1. The first-order valence-corrected chi connectivity index (χ1v) is 6.20. The summed E-state index contributed by atoms with van der Waals surface area (Å²) in [5.41, 5.74) is 4.63. The van der Waals surface area contributed by atoms with Crippen LogP contribution >= 0.6 is 23.3 Å². The number of nitrogens with zero attached hydrogens (tertiary/aromatic N) is 2. The monoisotopic (exact) mass is 248 g/mol. The molecule has 1 N–H and O–H groups in total. The lowest BCUT2D eigenvalue weighted by Gasteiger charge is -2.09. The van der Waals surface area contributed by atoms with E-state index in [4.69, 9.17) is 4.42 Å². The summed E-state index contributed by atoms with van der Waals surface area (Å²) in [6.07, 6.45) is 7.10. The average Bonchev–Trinajstić information content (AvgIpc) is 3.01. The maximum atomic E-state index is 5.27. The van der Waals surface area contributed by atoms with E-state index in [0.29, 0.717) is 5.89 Å². The highest BCUT2D eigenvalue weighted by molar-refractivity contribution is 8.00. The molecule has 1 aliphatic rings. The fourth-order valence-corrected chi connectivity index (χ4v) is 2.50. The first-order valence-electron chi connectivity index (χ1n) is 4.51. The van der Waals surface area contributed by atoms with Crippen molar-refractivity contribution in [1.82, 2.24) is 14.7 Å². The zero-order chi connectivity index (χ0) is 10.8. The van der Waals surface area contributed by atoms with Crippen LogP contribution in [-0.2, 0) is 0 Å². The molecule has 0 amide bonds. The van der Waals surface area contributed by atoms with Gasteiger partial charge in [-0.1, -0.05) is 6.08 Å². The molecule has 2 aromatic rings. The molecule has 0 spiro atoms. The van der Waals surface area contributed by atoms with Crippen molar-refractivity contribution in [1.29, 1.82) is 0 Å². The average molecular weight is 248 g/mol. The molecular weight excluding hydrogens is 242 g/mol. The Morgan fingerprint density at radius 1 is 1.44 bits per heavy atom. The fourth-order valence-electron chi connectivity index (χ4n) is 1.31. The number of rotatable bonds is 2. The first-order chi connectivity index (χ1) is 7.95. The number of thiazole rings is 1. The second kappa shape index (κ2) is 4.15. The second-order valence-corrected chi connectivity index (χ2v) is 4.46. The summed E-state index contributed by atoms with van der Waals surface area (Å²) >= 11 is 2.90. The maximum absolute atomic E-state index is 5.27. The quantitative estimate of drug-likeness (QED) is 0.828. The highest BCUT2D eigenvalue weighted by atomic mass is 32.2. The lowest BCUT2D eigenvalue weighted by atomic mass is 10.2. The van der Waals surface area contributed by atoms with Gasteiger partial charge in [0.25, 0.3) is 0 Å². The van der Waals surface area contributed by atoms with Crippen LogP contribution in [0.5, 0.6) is 0 Å². The lowest BCUT2D eigenvalue weighted by molar-refractivity contribution is 0.576. The maximum Gasteiger partial charge on any atom is 0.238 e. The molecule has 4 nitrogen and oxygen atoms in total. The Labute approximate surface area is 100 Å². The van der Waals surface area contributed by atoms with E-state index in [1.165, 1.54) is 23.3 Å². The number of allylic oxidation sites excluding steroid dienone is 2. The van der Waals surface area contributed by atoms with E-state index >= 15 is 0 Å². The zero-order valence-corrected chi connectivity index (χ0v) is 9.64. The van der Waals surface area contributed by atoms with Gasteiger partial charge < -0.3 is 9.14 Å². The number of nitrogens with one attached hydrogen (secondary N) is 1. The Bertz CT molecular complexity index is 542. The molecule has 0 bridgehead atoms. The van der Waals surface area contributed by atoms with Crippen molar-refractivity contribution in [2.24, 2.45) is 0 Å². The number of hydrogen-bond acceptors (Lipinski definition) is 6. The van der Waals surface area contributed by atoms with Crippen LogP contribution in [0.1, 0.15) is 5.69 Å². The number of aromatic nitrogens is 2. The Morgan fingerprint density at radius 2 is 2.44 bits per heavy atom. The third-order valence-corrected chi connectivity index (χ3v) is 3.37. The fraction of sp³-hybridized carbons (Fsp3) is 0. The summed E-state index contributed by atoms with van der Waals surface area (Å²) in [4.78, 5) is 9.22. The van der Waals surface area contributed by atoms with Gasteiger partial charge in [0.2, 0.25) is 5.89 Å². The van der Waals surface area contributed by atoms with E-state index in [9.17, 15) is 0 Å². The minimum Gasteiger partial charge on any atom is -0.444 e. The molecule has 0 fully saturated rings. The summed E-state index contributed by atoms with van der Waals surface area (Å²) in [5, 5.41) is 1.96. The van der Waals surface area contributed by atoms with E-state index in [0.717, 1.165) is 16.3 Å². The van der Waals surface area contributed by atoms with Crippen LogP contribution < -0.4 is 4.72 Å². The molecule has 1 radical (unpaired) electrons. The molecule has 0 saturated carbocycles. The van der Waals surface area contributed by atoms with E-state index in [1.54, 1.807) is 12.5 Å². The highest BCUT2D eigenvalue weighted by Crippen LogP contribution is 2.31. The van der Waals surface area contributed by atoms with Crippen molar-refractivity contribution in [3.63, 3.8) is 0 Å². The van der Waals surface area contributed by atoms with Gasteiger partial charge in [0.15, 0.2) is 5.51 Å². The Kier molecular flexibility index (Phi) is 2.51. The van der Waals surface area contributed by atoms with Gasteiger partial charge in [-0.2, -0.15) is 0 Å². The lowest BCUT2D eigenvalue weighted by Crippen LogP contribution is -2.04. The zero-order valence-electron chi connectivity index (χ0n) is 8.01. The smallest absolute Gasteiger partial charge is 0.238 e. The molecular formula is C10H6N3OS2.